The number of para-hydroxylation sites is 2. The molecule has 2 atom stereocenters. The van der Waals surface area contributed by atoms with E-state index >= 15 is 0 Å². The molecule has 2 aromatic rings. The van der Waals surface area contributed by atoms with Crippen molar-refractivity contribution in [3.63, 3.8) is 0 Å². The van der Waals surface area contributed by atoms with Gasteiger partial charge in [-0.15, -0.1) is 0 Å². The molecule has 134 valence electrons. The largest absolute Gasteiger partial charge is 0.342 e. The van der Waals surface area contributed by atoms with E-state index in [1.165, 1.54) is 21.2 Å². The van der Waals surface area contributed by atoms with Crippen molar-refractivity contribution < 1.29 is 4.79 Å². The Morgan fingerprint density at radius 3 is 2.15 bits per heavy atom. The van der Waals surface area contributed by atoms with Crippen LogP contribution in [0.1, 0.15) is 6.42 Å². The number of hydrogen-bond acceptors (Lipinski definition) is 4. The molecule has 0 radical (unpaired) electrons. The van der Waals surface area contributed by atoms with E-state index in [1.807, 2.05) is 11.8 Å². The van der Waals surface area contributed by atoms with Crippen molar-refractivity contribution in [3.8, 4) is 0 Å². The summed E-state index contributed by atoms with van der Waals surface area (Å²) in [6.07, 6.45) is 0.570. The normalized spacial score (nSPS) is 23.5. The first-order chi connectivity index (χ1) is 12.8. The van der Waals surface area contributed by atoms with Crippen LogP contribution in [0.3, 0.4) is 0 Å². The fourth-order valence-corrected chi connectivity index (χ4v) is 5.54. The molecule has 0 aliphatic carbocycles. The number of benzene rings is 2. The predicted octanol–water partition coefficient (Wildman–Crippen LogP) is 3.36. The lowest BCUT2D eigenvalue weighted by Gasteiger charge is -2.33. The smallest absolute Gasteiger partial charge is 0.224 e. The van der Waals surface area contributed by atoms with Gasteiger partial charge in [-0.25, -0.2) is 0 Å². The lowest BCUT2D eigenvalue weighted by atomic mass is 10.0. The van der Waals surface area contributed by atoms with E-state index < -0.39 is 0 Å². The Morgan fingerprint density at radius 1 is 0.962 bits per heavy atom. The summed E-state index contributed by atoms with van der Waals surface area (Å²) < 4.78 is 0. The minimum atomic E-state index is 0.299. The number of carbonyl (C=O) groups excluding carboxylic acids is 1. The summed E-state index contributed by atoms with van der Waals surface area (Å²) in [6.45, 7) is 4.73. The number of fused-ring (bicyclic) bond motifs is 3. The van der Waals surface area contributed by atoms with Crippen molar-refractivity contribution in [3.05, 3.63) is 48.5 Å². The minimum absolute atomic E-state index is 0.299. The van der Waals surface area contributed by atoms with E-state index in [2.05, 4.69) is 63.6 Å². The monoisotopic (exact) mass is 365 g/mol. The van der Waals surface area contributed by atoms with Crippen molar-refractivity contribution in [1.82, 2.24) is 10.2 Å². The van der Waals surface area contributed by atoms with Gasteiger partial charge in [-0.05, 0) is 36.1 Å². The molecule has 5 heteroatoms. The molecule has 0 saturated carbocycles. The number of carbonyl (C=O) groups is 1. The third kappa shape index (κ3) is 2.79. The summed E-state index contributed by atoms with van der Waals surface area (Å²) in [5, 5.41) is 3.44. The SMILES string of the molecule is O=C(CCN1c2ccccc2Sc2ccccc21)N1C[C@H]2CNC[C@H]2C1. The van der Waals surface area contributed by atoms with Gasteiger partial charge in [0, 0.05) is 48.9 Å². The van der Waals surface area contributed by atoms with Crippen LogP contribution in [0.5, 0.6) is 0 Å². The van der Waals surface area contributed by atoms with Crippen LogP contribution in [-0.2, 0) is 4.79 Å². The lowest BCUT2D eigenvalue weighted by Crippen LogP contribution is -2.34. The summed E-state index contributed by atoms with van der Waals surface area (Å²) in [5.74, 6) is 1.62. The first-order valence-corrected chi connectivity index (χ1v) is 10.2. The molecule has 0 bridgehead atoms. The molecule has 2 aromatic carbocycles. The van der Waals surface area contributed by atoms with Crippen LogP contribution in [0.15, 0.2) is 58.3 Å². The fraction of sp³-hybridized carbons (Fsp3) is 0.381. The highest BCUT2D eigenvalue weighted by Crippen LogP contribution is 2.47. The highest BCUT2D eigenvalue weighted by molar-refractivity contribution is 7.99. The topological polar surface area (TPSA) is 35.6 Å². The average molecular weight is 366 g/mol. The summed E-state index contributed by atoms with van der Waals surface area (Å²) in [5.41, 5.74) is 2.43. The molecule has 4 nitrogen and oxygen atoms in total. The van der Waals surface area contributed by atoms with Crippen LogP contribution in [-0.4, -0.2) is 43.5 Å². The number of rotatable bonds is 3. The lowest BCUT2D eigenvalue weighted by molar-refractivity contribution is -0.130. The van der Waals surface area contributed by atoms with Crippen LogP contribution in [0, 0.1) is 11.8 Å². The van der Waals surface area contributed by atoms with Crippen molar-refractivity contribution in [2.24, 2.45) is 11.8 Å². The summed E-state index contributed by atoms with van der Waals surface area (Å²) >= 11 is 1.81. The molecule has 0 aromatic heterocycles. The van der Waals surface area contributed by atoms with Gasteiger partial charge in [0.15, 0.2) is 0 Å². The second-order valence-corrected chi connectivity index (χ2v) is 8.50. The number of likely N-dealkylation sites (tertiary alicyclic amines) is 1. The van der Waals surface area contributed by atoms with Gasteiger partial charge in [-0.1, -0.05) is 36.0 Å². The standard InChI is InChI=1S/C21H23N3OS/c25-21(23-13-15-11-22-12-16(15)14-23)9-10-24-17-5-1-3-7-19(17)26-20-8-4-2-6-18(20)24/h1-8,15-16,22H,9-14H2/t15-,16+. The Hall–Kier alpha value is -1.98. The summed E-state index contributed by atoms with van der Waals surface area (Å²) in [4.78, 5) is 19.8. The molecule has 2 fully saturated rings. The molecule has 2 saturated heterocycles. The highest BCUT2D eigenvalue weighted by Gasteiger charge is 2.38. The minimum Gasteiger partial charge on any atom is -0.342 e. The van der Waals surface area contributed by atoms with Gasteiger partial charge < -0.3 is 15.1 Å². The maximum atomic E-state index is 12.8. The second-order valence-electron chi connectivity index (χ2n) is 7.42. The van der Waals surface area contributed by atoms with Gasteiger partial charge in [0.1, 0.15) is 0 Å². The van der Waals surface area contributed by atoms with E-state index in [0.717, 1.165) is 32.7 Å². The van der Waals surface area contributed by atoms with Crippen LogP contribution in [0.4, 0.5) is 11.4 Å². The maximum absolute atomic E-state index is 12.8. The molecule has 3 aliphatic heterocycles. The molecule has 1 N–H and O–H groups in total. The second kappa shape index (κ2) is 6.63. The first kappa shape index (κ1) is 16.2. The van der Waals surface area contributed by atoms with Crippen molar-refractivity contribution in [1.29, 1.82) is 0 Å². The quantitative estimate of drug-likeness (QED) is 0.905. The number of anilines is 2. The van der Waals surface area contributed by atoms with Crippen molar-refractivity contribution in [2.75, 3.05) is 37.6 Å². The fourth-order valence-electron chi connectivity index (χ4n) is 4.45. The van der Waals surface area contributed by atoms with Gasteiger partial charge >= 0.3 is 0 Å². The number of amides is 1. The zero-order valence-corrected chi connectivity index (χ0v) is 15.5. The van der Waals surface area contributed by atoms with E-state index in [-0.39, 0.29) is 0 Å². The first-order valence-electron chi connectivity index (χ1n) is 9.41. The molecule has 26 heavy (non-hydrogen) atoms. The maximum Gasteiger partial charge on any atom is 0.224 e. The molecular weight excluding hydrogens is 342 g/mol. The molecule has 3 heterocycles. The Labute approximate surface area is 158 Å². The zero-order valence-electron chi connectivity index (χ0n) is 14.7. The Kier molecular flexibility index (Phi) is 4.14. The van der Waals surface area contributed by atoms with Gasteiger partial charge in [-0.2, -0.15) is 0 Å². The van der Waals surface area contributed by atoms with E-state index in [1.54, 1.807) is 0 Å². The van der Waals surface area contributed by atoms with Crippen molar-refractivity contribution >= 4 is 29.0 Å². The number of nitrogens with one attached hydrogen (secondary N) is 1. The van der Waals surface area contributed by atoms with Crippen LogP contribution >= 0.6 is 11.8 Å². The third-order valence-electron chi connectivity index (χ3n) is 5.82. The highest BCUT2D eigenvalue weighted by atomic mass is 32.2. The Balaban J connectivity index is 1.33. The molecular formula is C21H23N3OS. The van der Waals surface area contributed by atoms with Crippen LogP contribution in [0.25, 0.3) is 0 Å². The summed E-state index contributed by atoms with van der Waals surface area (Å²) in [7, 11) is 0. The molecule has 0 spiro atoms. The van der Waals surface area contributed by atoms with Gasteiger partial charge in [-0.3, -0.25) is 4.79 Å². The van der Waals surface area contributed by atoms with E-state index in [0.29, 0.717) is 24.2 Å². The molecule has 0 unspecified atom stereocenters. The zero-order chi connectivity index (χ0) is 17.5. The van der Waals surface area contributed by atoms with Crippen LogP contribution < -0.4 is 10.2 Å². The van der Waals surface area contributed by atoms with Gasteiger partial charge in [0.2, 0.25) is 5.91 Å². The summed E-state index contributed by atoms with van der Waals surface area (Å²) in [6, 6.07) is 17.0. The predicted molar refractivity (Wildman–Crippen MR) is 105 cm³/mol. The van der Waals surface area contributed by atoms with E-state index in [4.69, 9.17) is 0 Å². The number of hydrogen-bond donors (Lipinski definition) is 1. The van der Waals surface area contributed by atoms with E-state index in [9.17, 15) is 4.79 Å². The molecule has 5 rings (SSSR count). The van der Waals surface area contributed by atoms with Crippen molar-refractivity contribution in [2.45, 2.75) is 16.2 Å². The Bertz CT molecular complexity index is 782. The van der Waals surface area contributed by atoms with Gasteiger partial charge in [0.25, 0.3) is 0 Å². The molecule has 3 aliphatic rings. The average Bonchev–Trinajstić information content (AvgIpc) is 3.27. The van der Waals surface area contributed by atoms with Gasteiger partial charge in [0.05, 0.1) is 11.4 Å². The Morgan fingerprint density at radius 2 is 1.54 bits per heavy atom. The third-order valence-corrected chi connectivity index (χ3v) is 6.95. The van der Waals surface area contributed by atoms with Crippen LogP contribution in [0.2, 0.25) is 0 Å². The molecule has 1 amide bonds. The number of nitrogens with zero attached hydrogens (tertiary/aromatic N) is 2.